The minimum absolute atomic E-state index is 0.0119. The number of rotatable bonds is 21. The summed E-state index contributed by atoms with van der Waals surface area (Å²) < 4.78 is 48.8. The fraction of sp³-hybridized carbons (Fsp3) is 0.719. The zero-order valence-electron chi connectivity index (χ0n) is 44.3. The molecule has 5 unspecified atom stereocenters. The third-order valence-corrected chi connectivity index (χ3v) is 19.9. The van der Waals surface area contributed by atoms with E-state index in [2.05, 4.69) is 0 Å². The lowest BCUT2D eigenvalue weighted by molar-refractivity contribution is -0.220. The zero-order valence-corrected chi connectivity index (χ0v) is 44.3. The first-order valence-corrected chi connectivity index (χ1v) is 27.0. The van der Waals surface area contributed by atoms with Gasteiger partial charge in [-0.1, -0.05) is 51.0 Å². The van der Waals surface area contributed by atoms with Crippen LogP contribution in [0.2, 0.25) is 0 Å². The van der Waals surface area contributed by atoms with Crippen molar-refractivity contribution in [3.63, 3.8) is 0 Å². The predicted octanol–water partition coefficient (Wildman–Crippen LogP) is 4.25. The topological polar surface area (TPSA) is 273 Å². The van der Waals surface area contributed by atoms with Crippen molar-refractivity contribution in [2.24, 2.45) is 57.2 Å². The minimum Gasteiger partial charge on any atom is -0.463 e. The highest BCUT2D eigenvalue weighted by molar-refractivity contribution is 6.02. The molecular weight excluding hydrogens is 992 g/mol. The van der Waals surface area contributed by atoms with Gasteiger partial charge in [-0.05, 0) is 113 Å². The fourth-order valence-corrected chi connectivity index (χ4v) is 15.9. The van der Waals surface area contributed by atoms with Crippen molar-refractivity contribution >= 4 is 47.0 Å². The maximum absolute atomic E-state index is 17.5. The Morgan fingerprint density at radius 1 is 0.632 bits per heavy atom. The Labute approximate surface area is 442 Å². The second-order valence-electron chi connectivity index (χ2n) is 23.6. The van der Waals surface area contributed by atoms with Crippen LogP contribution >= 0.6 is 0 Å². The monoisotopic (exact) mass is 1070 g/mol. The minimum atomic E-state index is -2.13. The second kappa shape index (κ2) is 21.8. The Morgan fingerprint density at radius 3 is 1.76 bits per heavy atom. The van der Waals surface area contributed by atoms with Crippen LogP contribution in [0.25, 0.3) is 0 Å². The third kappa shape index (κ3) is 9.81. The summed E-state index contributed by atoms with van der Waals surface area (Å²) in [5.41, 5.74) is -8.25. The largest absolute Gasteiger partial charge is 0.463 e. The van der Waals surface area contributed by atoms with Crippen molar-refractivity contribution in [2.45, 2.75) is 147 Å². The van der Waals surface area contributed by atoms with E-state index in [1.807, 2.05) is 19.9 Å². The Balaban J connectivity index is 0.649. The van der Waals surface area contributed by atoms with E-state index in [-0.39, 0.29) is 107 Å². The molecule has 0 radical (unpaired) electrons. The Bertz CT molecular complexity index is 2480. The van der Waals surface area contributed by atoms with Crippen LogP contribution < -0.4 is 0 Å². The van der Waals surface area contributed by atoms with E-state index >= 15 is 4.39 Å². The highest BCUT2D eigenvalue weighted by Crippen LogP contribution is 2.71. The van der Waals surface area contributed by atoms with Crippen molar-refractivity contribution in [2.75, 3.05) is 52.9 Å². The molecule has 0 heterocycles. The van der Waals surface area contributed by atoms with Crippen molar-refractivity contribution in [3.05, 3.63) is 47.6 Å². The van der Waals surface area contributed by atoms with Crippen LogP contribution in [-0.4, -0.2) is 149 Å². The number of hydrogen-bond acceptors (Lipinski definition) is 18. The summed E-state index contributed by atoms with van der Waals surface area (Å²) in [5, 5.41) is 47.2. The molecule has 6 fully saturated rings. The maximum Gasteiger partial charge on any atom is 0.306 e. The Morgan fingerprint density at radius 2 is 1.16 bits per heavy atom. The molecule has 0 saturated heterocycles. The van der Waals surface area contributed by atoms with E-state index in [4.69, 9.17) is 28.4 Å². The molecule has 0 spiro atoms. The summed E-state index contributed by atoms with van der Waals surface area (Å²) in [6.07, 6.45) is 8.83. The molecule has 0 aromatic carbocycles. The van der Waals surface area contributed by atoms with Crippen LogP contribution in [-0.2, 0) is 66.8 Å². The molecule has 0 aromatic rings. The van der Waals surface area contributed by atoms with E-state index in [1.54, 1.807) is 32.9 Å². The van der Waals surface area contributed by atoms with Gasteiger partial charge in [-0.15, -0.1) is 0 Å². The van der Waals surface area contributed by atoms with Crippen molar-refractivity contribution in [1.82, 2.24) is 0 Å². The average molecular weight is 1070 g/mol. The van der Waals surface area contributed by atoms with Gasteiger partial charge in [-0.25, -0.2) is 4.39 Å². The van der Waals surface area contributed by atoms with Crippen LogP contribution in [0, 0.1) is 57.2 Å². The number of aliphatic hydroxyl groups is 4. The van der Waals surface area contributed by atoms with Gasteiger partial charge in [0.1, 0.15) is 24.4 Å². The molecule has 0 amide bonds. The van der Waals surface area contributed by atoms with Crippen molar-refractivity contribution < 1.29 is 91.6 Å². The zero-order chi connectivity index (χ0) is 55.2. The van der Waals surface area contributed by atoms with E-state index in [1.165, 1.54) is 18.2 Å². The average Bonchev–Trinajstić information content (AvgIpc) is 3.76. The molecule has 18 nitrogen and oxygen atoms in total. The van der Waals surface area contributed by atoms with Crippen LogP contribution in [0.15, 0.2) is 47.6 Å². The van der Waals surface area contributed by atoms with Crippen molar-refractivity contribution in [3.8, 4) is 0 Å². The number of carbonyl (C=O) groups is 8. The number of ketones is 4. The summed E-state index contributed by atoms with van der Waals surface area (Å²) in [5.74, 6) is -6.84. The molecule has 8 rings (SSSR count). The normalized spacial score (nSPS) is 39.7. The molecule has 76 heavy (non-hydrogen) atoms. The molecule has 6 saturated carbocycles. The number of allylic oxidation sites excluding steroid dienone is 8. The summed E-state index contributed by atoms with van der Waals surface area (Å²) in [6.45, 7) is 7.53. The summed E-state index contributed by atoms with van der Waals surface area (Å²) in [7, 11) is 0. The molecule has 15 atom stereocenters. The van der Waals surface area contributed by atoms with E-state index in [0.717, 1.165) is 12.0 Å². The van der Waals surface area contributed by atoms with Gasteiger partial charge in [-0.3, -0.25) is 38.4 Å². The highest BCUT2D eigenvalue weighted by Gasteiger charge is 2.76. The molecule has 0 bridgehead atoms. The highest BCUT2D eigenvalue weighted by atomic mass is 19.1. The molecule has 418 valence electrons. The van der Waals surface area contributed by atoms with E-state index < -0.39 is 124 Å². The lowest BCUT2D eigenvalue weighted by Gasteiger charge is -2.62. The van der Waals surface area contributed by atoms with Gasteiger partial charge in [0.25, 0.3) is 0 Å². The van der Waals surface area contributed by atoms with Crippen LogP contribution in [0.3, 0.4) is 0 Å². The van der Waals surface area contributed by atoms with E-state index in [0.29, 0.717) is 37.7 Å². The number of ether oxygens (including phenoxy) is 6. The number of halogens is 1. The van der Waals surface area contributed by atoms with Gasteiger partial charge in [0.2, 0.25) is 11.6 Å². The predicted molar refractivity (Wildman–Crippen MR) is 265 cm³/mol. The number of carbonyl (C=O) groups excluding carboxylic acids is 8. The summed E-state index contributed by atoms with van der Waals surface area (Å²) in [6, 6.07) is 0. The molecule has 8 aliphatic carbocycles. The van der Waals surface area contributed by atoms with Gasteiger partial charge in [0.15, 0.2) is 30.4 Å². The van der Waals surface area contributed by atoms with Crippen LogP contribution in [0.1, 0.15) is 118 Å². The third-order valence-electron chi connectivity index (χ3n) is 19.9. The first-order chi connectivity index (χ1) is 35.8. The number of alkyl halides is 1. The quantitative estimate of drug-likeness (QED) is 0.0711. The van der Waals surface area contributed by atoms with Gasteiger partial charge in [0, 0.05) is 33.5 Å². The first kappa shape index (κ1) is 57.4. The Kier molecular flexibility index (Phi) is 16.5. The molecule has 0 aliphatic heterocycles. The fourth-order valence-electron chi connectivity index (χ4n) is 15.9. The molecular formula is C57H75FO18. The second-order valence-corrected chi connectivity index (χ2v) is 23.6. The van der Waals surface area contributed by atoms with Gasteiger partial charge in [0.05, 0.1) is 64.3 Å². The lowest BCUT2D eigenvalue weighted by Crippen LogP contribution is -2.69. The summed E-state index contributed by atoms with van der Waals surface area (Å²) >= 11 is 0. The SMILES string of the molecule is C[C@@H]1CC2C3CCC4=CC(=O)C=C[C@]4(C)[C@@]3(F)[C@@H](O)C[C@]2(C)[C@@]1(O)C(=O)COC(=O)CCC(=O)OCCOCCOCCOC(=O)CCC(=O)OCC(=O)[C@@]1(O)CCC2C3CCC4=CC(=O)C=C[C@]4(C)C3[C@@H](O)C[C@@]21C. The summed E-state index contributed by atoms with van der Waals surface area (Å²) in [4.78, 5) is 101. The molecule has 4 N–H and O–H groups in total. The number of esters is 4. The Hall–Kier alpha value is -4.79. The molecule has 0 aromatic heterocycles. The van der Waals surface area contributed by atoms with Gasteiger partial charge in [-0.2, -0.15) is 0 Å². The van der Waals surface area contributed by atoms with Crippen LogP contribution in [0.4, 0.5) is 4.39 Å². The number of hydrogen-bond donors (Lipinski definition) is 4. The molecule has 19 heteroatoms. The van der Waals surface area contributed by atoms with Gasteiger partial charge >= 0.3 is 23.9 Å². The van der Waals surface area contributed by atoms with Crippen LogP contribution in [0.5, 0.6) is 0 Å². The van der Waals surface area contributed by atoms with Crippen molar-refractivity contribution in [1.29, 1.82) is 0 Å². The number of fused-ring (bicyclic) bond motifs is 10. The smallest absolute Gasteiger partial charge is 0.306 e. The number of aliphatic hydroxyl groups excluding tert-OH is 2. The first-order valence-electron chi connectivity index (χ1n) is 27.0. The standard InChI is InChI=1S/C57H75FO18/c1-33-26-41-40-9-7-35-28-37(60)15-18-52(35,3)56(40,58)43(62)30-54(41,5)57(33,70)45(64)32-76-49(68)13-11-47(66)74-25-23-72-21-20-71-22-24-73-46(65)10-12-48(67)75-31-44(63)55(69)19-16-39-38-8-6-34-27-36(59)14-17-51(34,2)50(38)42(61)29-53(39,55)4/h14-15,17-18,27-28,33,38-43,50,61-62,69-70H,6-13,16,19-26,29-32H2,1-5H3/t33-,38?,39?,40?,41?,42+,43+,50?,51+,52+,53+,54+,55+,56+,57+/m1/s1. The lowest BCUT2D eigenvalue weighted by atomic mass is 9.44. The maximum atomic E-state index is 17.5. The number of Topliss-reactive ketones (excluding diaryl/α,β-unsaturated/α-hetero) is 2. The van der Waals surface area contributed by atoms with E-state index in [9.17, 15) is 58.8 Å². The van der Waals surface area contributed by atoms with Gasteiger partial charge < -0.3 is 48.8 Å². The molecule has 8 aliphatic rings.